The van der Waals surface area contributed by atoms with E-state index < -0.39 is 0 Å². The summed E-state index contributed by atoms with van der Waals surface area (Å²) in [7, 11) is 4.00. The Bertz CT molecular complexity index is 728. The van der Waals surface area contributed by atoms with Gasteiger partial charge < -0.3 is 20.3 Å². The summed E-state index contributed by atoms with van der Waals surface area (Å²) in [5, 5.41) is 9.92. The van der Waals surface area contributed by atoms with Crippen molar-refractivity contribution in [2.75, 3.05) is 32.1 Å². The summed E-state index contributed by atoms with van der Waals surface area (Å²) in [5.41, 5.74) is 2.17. The molecule has 3 rings (SSSR count). The maximum absolute atomic E-state index is 5.74. The normalized spacial score (nSPS) is 16.8. The lowest BCUT2D eigenvalue weighted by atomic mass is 10.0. The quantitative estimate of drug-likeness (QED) is 0.635. The minimum absolute atomic E-state index is 0.204. The molecule has 0 amide bonds. The van der Waals surface area contributed by atoms with Crippen molar-refractivity contribution in [2.24, 2.45) is 4.99 Å². The summed E-state index contributed by atoms with van der Waals surface area (Å²) < 4.78 is 5.74. The summed E-state index contributed by atoms with van der Waals surface area (Å²) >= 11 is 1.64. The lowest BCUT2D eigenvalue weighted by Crippen LogP contribution is -2.41. The zero-order valence-corrected chi connectivity index (χ0v) is 15.8. The second-order valence-electron chi connectivity index (χ2n) is 6.08. The molecular formula is C18H25N5OS. The SMILES string of the molecule is CCNC(=NCc1csc(N(C)C)n1)NC1CCOc2ccccc21. The molecule has 7 heteroatoms. The molecule has 0 aliphatic carbocycles. The van der Waals surface area contributed by atoms with Crippen molar-refractivity contribution >= 4 is 22.4 Å². The number of fused-ring (bicyclic) bond motifs is 1. The standard InChI is InChI=1S/C18H25N5OS/c1-4-19-17(20-11-13-12-25-18(21-13)23(2)3)22-15-9-10-24-16-8-6-5-7-14(15)16/h5-8,12,15H,4,9-11H2,1-3H3,(H2,19,20,22). The van der Waals surface area contributed by atoms with Gasteiger partial charge in [0, 0.05) is 38.0 Å². The lowest BCUT2D eigenvalue weighted by molar-refractivity contribution is 0.261. The number of rotatable bonds is 5. The molecule has 1 unspecified atom stereocenters. The number of nitrogens with one attached hydrogen (secondary N) is 2. The molecule has 0 spiro atoms. The van der Waals surface area contributed by atoms with E-state index in [0.717, 1.165) is 35.5 Å². The van der Waals surface area contributed by atoms with Crippen molar-refractivity contribution in [1.29, 1.82) is 0 Å². The van der Waals surface area contributed by atoms with E-state index in [2.05, 4.69) is 34.0 Å². The Balaban J connectivity index is 1.70. The maximum Gasteiger partial charge on any atom is 0.192 e. The van der Waals surface area contributed by atoms with Crippen molar-refractivity contribution in [3.8, 4) is 5.75 Å². The van der Waals surface area contributed by atoms with E-state index in [9.17, 15) is 0 Å². The number of aromatic nitrogens is 1. The van der Waals surface area contributed by atoms with E-state index in [-0.39, 0.29) is 6.04 Å². The van der Waals surface area contributed by atoms with Crippen molar-refractivity contribution in [3.63, 3.8) is 0 Å². The molecule has 0 fully saturated rings. The number of para-hydroxylation sites is 1. The van der Waals surface area contributed by atoms with Gasteiger partial charge in [0.1, 0.15) is 5.75 Å². The Morgan fingerprint density at radius 1 is 1.40 bits per heavy atom. The fraction of sp³-hybridized carbons (Fsp3) is 0.444. The summed E-state index contributed by atoms with van der Waals surface area (Å²) in [5.74, 6) is 1.76. The number of guanidine groups is 1. The van der Waals surface area contributed by atoms with E-state index in [4.69, 9.17) is 9.73 Å². The fourth-order valence-electron chi connectivity index (χ4n) is 2.71. The van der Waals surface area contributed by atoms with Gasteiger partial charge in [-0.05, 0) is 13.0 Å². The number of benzene rings is 1. The third-order valence-electron chi connectivity index (χ3n) is 3.94. The van der Waals surface area contributed by atoms with Crippen LogP contribution in [-0.4, -0.2) is 38.2 Å². The first-order valence-electron chi connectivity index (χ1n) is 8.55. The second kappa shape index (κ2) is 8.20. The van der Waals surface area contributed by atoms with E-state index in [1.807, 2.05) is 37.2 Å². The highest BCUT2D eigenvalue weighted by Crippen LogP contribution is 2.31. The van der Waals surface area contributed by atoms with Gasteiger partial charge in [0.25, 0.3) is 0 Å². The minimum atomic E-state index is 0.204. The van der Waals surface area contributed by atoms with Crippen molar-refractivity contribution in [2.45, 2.75) is 25.9 Å². The molecule has 1 aromatic carbocycles. The molecule has 1 aliphatic heterocycles. The summed E-state index contributed by atoms with van der Waals surface area (Å²) in [6, 6.07) is 8.38. The van der Waals surface area contributed by atoms with Gasteiger partial charge in [-0.3, -0.25) is 0 Å². The van der Waals surface area contributed by atoms with Crippen LogP contribution in [-0.2, 0) is 6.54 Å². The average molecular weight is 359 g/mol. The summed E-state index contributed by atoms with van der Waals surface area (Å²) in [6.45, 7) is 4.16. The van der Waals surface area contributed by atoms with Gasteiger partial charge in [-0.25, -0.2) is 9.98 Å². The molecule has 25 heavy (non-hydrogen) atoms. The predicted octanol–water partition coefficient (Wildman–Crippen LogP) is 2.79. The zero-order valence-electron chi connectivity index (χ0n) is 15.0. The van der Waals surface area contributed by atoms with Crippen LogP contribution in [0, 0.1) is 0 Å². The molecule has 2 N–H and O–H groups in total. The van der Waals surface area contributed by atoms with E-state index >= 15 is 0 Å². The topological polar surface area (TPSA) is 61.8 Å². The van der Waals surface area contributed by atoms with E-state index in [1.54, 1.807) is 11.3 Å². The molecule has 1 aromatic heterocycles. The number of aliphatic imine (C=N–C) groups is 1. The summed E-state index contributed by atoms with van der Waals surface area (Å²) in [4.78, 5) is 11.3. The molecule has 2 aromatic rings. The number of hydrogen-bond donors (Lipinski definition) is 2. The monoisotopic (exact) mass is 359 g/mol. The second-order valence-corrected chi connectivity index (χ2v) is 6.92. The number of ether oxygens (including phenoxy) is 1. The molecule has 1 atom stereocenters. The Morgan fingerprint density at radius 3 is 3.00 bits per heavy atom. The van der Waals surface area contributed by atoms with Gasteiger partial charge in [-0.1, -0.05) is 18.2 Å². The van der Waals surface area contributed by atoms with Gasteiger partial charge >= 0.3 is 0 Å². The molecule has 0 bridgehead atoms. The third kappa shape index (κ3) is 4.42. The van der Waals surface area contributed by atoms with Crippen LogP contribution in [0.3, 0.4) is 0 Å². The molecule has 2 heterocycles. The number of hydrogen-bond acceptors (Lipinski definition) is 5. The Morgan fingerprint density at radius 2 is 2.24 bits per heavy atom. The summed E-state index contributed by atoms with van der Waals surface area (Å²) in [6.07, 6.45) is 0.920. The van der Waals surface area contributed by atoms with Crippen LogP contribution >= 0.6 is 11.3 Å². The zero-order chi connectivity index (χ0) is 17.6. The van der Waals surface area contributed by atoms with Crippen LogP contribution in [0.25, 0.3) is 0 Å². The fourth-order valence-corrected chi connectivity index (χ4v) is 3.46. The number of thiazole rings is 1. The Hall–Kier alpha value is -2.28. The Labute approximate surface area is 152 Å². The molecule has 1 aliphatic rings. The van der Waals surface area contributed by atoms with Gasteiger partial charge in [0.05, 0.1) is 24.9 Å². The smallest absolute Gasteiger partial charge is 0.192 e. The lowest BCUT2D eigenvalue weighted by Gasteiger charge is -2.28. The number of anilines is 1. The van der Waals surface area contributed by atoms with Gasteiger partial charge in [0.15, 0.2) is 11.1 Å². The first kappa shape index (κ1) is 17.5. The average Bonchev–Trinajstić information content (AvgIpc) is 3.09. The molecule has 0 saturated heterocycles. The first-order chi connectivity index (χ1) is 12.2. The highest BCUT2D eigenvalue weighted by molar-refractivity contribution is 7.13. The van der Waals surface area contributed by atoms with Crippen LogP contribution in [0.4, 0.5) is 5.13 Å². The van der Waals surface area contributed by atoms with Gasteiger partial charge in [-0.15, -0.1) is 11.3 Å². The van der Waals surface area contributed by atoms with Gasteiger partial charge in [0.2, 0.25) is 0 Å². The van der Waals surface area contributed by atoms with Crippen molar-refractivity contribution < 1.29 is 4.74 Å². The number of nitrogens with zero attached hydrogens (tertiary/aromatic N) is 3. The minimum Gasteiger partial charge on any atom is -0.493 e. The molecule has 6 nitrogen and oxygen atoms in total. The predicted molar refractivity (Wildman–Crippen MR) is 104 cm³/mol. The highest BCUT2D eigenvalue weighted by atomic mass is 32.1. The maximum atomic E-state index is 5.74. The molecule has 134 valence electrons. The molecular weight excluding hydrogens is 334 g/mol. The largest absolute Gasteiger partial charge is 0.493 e. The third-order valence-corrected chi connectivity index (χ3v) is 4.99. The van der Waals surface area contributed by atoms with Crippen molar-refractivity contribution in [3.05, 3.63) is 40.9 Å². The van der Waals surface area contributed by atoms with Crippen LogP contribution in [0.5, 0.6) is 5.75 Å². The van der Waals surface area contributed by atoms with Crippen LogP contribution in [0.1, 0.15) is 30.6 Å². The van der Waals surface area contributed by atoms with Crippen LogP contribution in [0.2, 0.25) is 0 Å². The van der Waals surface area contributed by atoms with Gasteiger partial charge in [-0.2, -0.15) is 0 Å². The van der Waals surface area contributed by atoms with Crippen LogP contribution < -0.4 is 20.3 Å². The Kier molecular flexibility index (Phi) is 5.75. The van der Waals surface area contributed by atoms with Crippen LogP contribution in [0.15, 0.2) is 34.6 Å². The highest BCUT2D eigenvalue weighted by Gasteiger charge is 2.21. The molecule has 0 radical (unpaired) electrons. The van der Waals surface area contributed by atoms with Crippen molar-refractivity contribution in [1.82, 2.24) is 15.6 Å². The van der Waals surface area contributed by atoms with E-state index in [0.29, 0.717) is 13.2 Å². The molecule has 0 saturated carbocycles. The first-order valence-corrected chi connectivity index (χ1v) is 9.43. The van der Waals surface area contributed by atoms with E-state index in [1.165, 1.54) is 5.56 Å².